The van der Waals surface area contributed by atoms with Crippen molar-refractivity contribution in [2.45, 2.75) is 0 Å². The molecule has 3 aromatic heterocycles. The first-order valence-corrected chi connectivity index (χ1v) is 5.34. The number of hydrogen-bond acceptors (Lipinski definition) is 6. The van der Waals surface area contributed by atoms with Gasteiger partial charge in [-0.2, -0.15) is 0 Å². The summed E-state index contributed by atoms with van der Waals surface area (Å²) in [6, 6.07) is 1.59. The second kappa shape index (κ2) is 3.74. The molecule has 0 amide bonds. The molecule has 0 aliphatic rings. The van der Waals surface area contributed by atoms with Crippen LogP contribution in [0, 0.1) is 4.64 Å². The van der Waals surface area contributed by atoms with Gasteiger partial charge in [0.1, 0.15) is 17.3 Å². The van der Waals surface area contributed by atoms with Gasteiger partial charge in [0.15, 0.2) is 17.0 Å². The Hall–Kier alpha value is -2.55. The van der Waals surface area contributed by atoms with Gasteiger partial charge in [0.2, 0.25) is 0 Å². The van der Waals surface area contributed by atoms with E-state index in [0.717, 1.165) is 0 Å². The predicted octanol–water partition coefficient (Wildman–Crippen LogP) is -0.0608. The summed E-state index contributed by atoms with van der Waals surface area (Å²) in [6.07, 6.45) is 4.28. The van der Waals surface area contributed by atoms with Gasteiger partial charge in [-0.3, -0.25) is 4.98 Å². The molecule has 0 fully saturated rings. The predicted molar refractivity (Wildman–Crippen MR) is 66.4 cm³/mol. The van der Waals surface area contributed by atoms with Crippen molar-refractivity contribution >= 4 is 29.2 Å². The highest BCUT2D eigenvalue weighted by Crippen LogP contribution is 2.13. The SMILES string of the molecule is Nc1ncnc2c1ncn2-n1ccc(=S)[nH]c1=O. The van der Waals surface area contributed by atoms with Gasteiger partial charge in [0.05, 0.1) is 0 Å². The number of aromatic nitrogens is 6. The van der Waals surface area contributed by atoms with Crippen LogP contribution in [0.3, 0.4) is 0 Å². The maximum absolute atomic E-state index is 11.8. The molecule has 0 aliphatic heterocycles. The molecule has 0 spiro atoms. The molecule has 3 rings (SSSR count). The van der Waals surface area contributed by atoms with E-state index >= 15 is 0 Å². The number of imidazole rings is 1. The number of fused-ring (bicyclic) bond motifs is 1. The van der Waals surface area contributed by atoms with E-state index < -0.39 is 0 Å². The van der Waals surface area contributed by atoms with Crippen LogP contribution in [-0.4, -0.2) is 29.3 Å². The van der Waals surface area contributed by atoms with Crippen molar-refractivity contribution in [2.75, 3.05) is 5.73 Å². The van der Waals surface area contributed by atoms with Crippen molar-refractivity contribution in [1.82, 2.24) is 29.3 Å². The van der Waals surface area contributed by atoms with E-state index in [-0.39, 0.29) is 11.5 Å². The number of nitrogens with two attached hydrogens (primary N) is 1. The lowest BCUT2D eigenvalue weighted by atomic mass is 10.5. The molecule has 3 heterocycles. The molecule has 0 radical (unpaired) electrons. The molecule has 0 bridgehead atoms. The lowest BCUT2D eigenvalue weighted by Gasteiger charge is -2.05. The molecule has 8 nitrogen and oxygen atoms in total. The molecule has 0 saturated heterocycles. The molecule has 90 valence electrons. The van der Waals surface area contributed by atoms with Crippen molar-refractivity contribution < 1.29 is 0 Å². The van der Waals surface area contributed by atoms with Gasteiger partial charge in [0.25, 0.3) is 0 Å². The minimum Gasteiger partial charge on any atom is -0.382 e. The zero-order chi connectivity index (χ0) is 12.7. The van der Waals surface area contributed by atoms with E-state index in [4.69, 9.17) is 18.0 Å². The van der Waals surface area contributed by atoms with E-state index in [0.29, 0.717) is 15.8 Å². The second-order valence-electron chi connectivity index (χ2n) is 3.47. The Morgan fingerprint density at radius 1 is 1.28 bits per heavy atom. The van der Waals surface area contributed by atoms with Gasteiger partial charge < -0.3 is 5.73 Å². The fourth-order valence-corrected chi connectivity index (χ4v) is 1.73. The van der Waals surface area contributed by atoms with Crippen LogP contribution >= 0.6 is 12.2 Å². The molecule has 3 N–H and O–H groups in total. The van der Waals surface area contributed by atoms with Crippen LogP contribution in [-0.2, 0) is 0 Å². The number of aromatic amines is 1. The summed E-state index contributed by atoms with van der Waals surface area (Å²) in [5, 5.41) is 0. The average Bonchev–Trinajstić information content (AvgIpc) is 2.74. The highest BCUT2D eigenvalue weighted by atomic mass is 32.1. The molecule has 0 atom stereocenters. The van der Waals surface area contributed by atoms with Crippen LogP contribution in [0.5, 0.6) is 0 Å². The fourth-order valence-electron chi connectivity index (χ4n) is 1.58. The summed E-state index contributed by atoms with van der Waals surface area (Å²) >= 11 is 4.87. The van der Waals surface area contributed by atoms with Crippen LogP contribution in [0.1, 0.15) is 0 Å². The standard InChI is InChI=1S/C9H7N7OS/c10-7-6-8(12-3-11-7)16(4-13-6)15-2-1-5(18)14-9(15)17/h1-4H,(H2,10,11,12)(H,14,17,18). The number of hydrogen-bond donors (Lipinski definition) is 2. The summed E-state index contributed by atoms with van der Waals surface area (Å²) in [5.41, 5.74) is 6.16. The summed E-state index contributed by atoms with van der Waals surface area (Å²) in [7, 11) is 0. The van der Waals surface area contributed by atoms with Crippen molar-refractivity contribution in [3.63, 3.8) is 0 Å². The van der Waals surface area contributed by atoms with E-state index in [1.807, 2.05) is 0 Å². The molecule has 0 unspecified atom stereocenters. The Kier molecular flexibility index (Phi) is 2.20. The van der Waals surface area contributed by atoms with Crippen molar-refractivity contribution in [2.24, 2.45) is 0 Å². The monoisotopic (exact) mass is 261 g/mol. The maximum atomic E-state index is 11.8. The van der Waals surface area contributed by atoms with Crippen LogP contribution in [0.15, 0.2) is 29.7 Å². The number of nitrogens with one attached hydrogen (secondary N) is 1. The fraction of sp³-hybridized carbons (Fsp3) is 0. The smallest absolute Gasteiger partial charge is 0.345 e. The Balaban J connectivity index is 2.36. The first-order chi connectivity index (χ1) is 8.66. The van der Waals surface area contributed by atoms with Crippen LogP contribution in [0.4, 0.5) is 5.82 Å². The molecule has 3 aromatic rings. The van der Waals surface area contributed by atoms with Crippen molar-refractivity contribution in [3.8, 4) is 0 Å². The van der Waals surface area contributed by atoms with Gasteiger partial charge in [0, 0.05) is 6.20 Å². The number of H-pyrrole nitrogens is 1. The number of anilines is 1. The summed E-state index contributed by atoms with van der Waals surface area (Å²) in [5.74, 6) is 0.260. The quantitative estimate of drug-likeness (QED) is 0.594. The second-order valence-corrected chi connectivity index (χ2v) is 3.91. The molecule has 0 aromatic carbocycles. The van der Waals surface area contributed by atoms with E-state index in [1.54, 1.807) is 6.07 Å². The Morgan fingerprint density at radius 3 is 2.89 bits per heavy atom. The number of nitrogens with zero attached hydrogens (tertiary/aromatic N) is 5. The highest BCUT2D eigenvalue weighted by Gasteiger charge is 2.09. The topological polar surface area (TPSA) is 107 Å². The lowest BCUT2D eigenvalue weighted by molar-refractivity contribution is 0.621. The van der Waals surface area contributed by atoms with Crippen LogP contribution in [0.2, 0.25) is 0 Å². The minimum absolute atomic E-state index is 0.260. The normalized spacial score (nSPS) is 10.9. The average molecular weight is 261 g/mol. The van der Waals surface area contributed by atoms with Gasteiger partial charge in [-0.05, 0) is 6.07 Å². The van der Waals surface area contributed by atoms with Gasteiger partial charge in [-0.15, -0.1) is 0 Å². The molecule has 0 saturated carbocycles. The largest absolute Gasteiger partial charge is 0.382 e. The summed E-state index contributed by atoms with van der Waals surface area (Å²) in [6.45, 7) is 0. The van der Waals surface area contributed by atoms with Crippen molar-refractivity contribution in [3.05, 3.63) is 40.0 Å². The Morgan fingerprint density at radius 2 is 2.11 bits per heavy atom. The minimum atomic E-state index is -0.390. The third kappa shape index (κ3) is 1.49. The maximum Gasteiger partial charge on any atom is 0.345 e. The van der Waals surface area contributed by atoms with Gasteiger partial charge in [-0.25, -0.2) is 29.1 Å². The van der Waals surface area contributed by atoms with Crippen LogP contribution in [0.25, 0.3) is 11.2 Å². The molecule has 18 heavy (non-hydrogen) atoms. The molecule has 9 heteroatoms. The number of nitrogen functional groups attached to an aromatic ring is 1. The number of rotatable bonds is 1. The van der Waals surface area contributed by atoms with Gasteiger partial charge in [-0.1, -0.05) is 12.2 Å². The van der Waals surface area contributed by atoms with Gasteiger partial charge >= 0.3 is 5.69 Å². The molecular weight excluding hydrogens is 254 g/mol. The van der Waals surface area contributed by atoms with E-state index in [2.05, 4.69) is 19.9 Å². The Labute approximate surface area is 105 Å². The lowest BCUT2D eigenvalue weighted by Crippen LogP contribution is -2.27. The zero-order valence-corrected chi connectivity index (χ0v) is 9.76. The van der Waals surface area contributed by atoms with E-state index in [1.165, 1.54) is 28.2 Å². The summed E-state index contributed by atoms with van der Waals surface area (Å²) in [4.78, 5) is 26.2. The van der Waals surface area contributed by atoms with Crippen LogP contribution < -0.4 is 11.4 Å². The Bertz CT molecular complexity index is 846. The summed E-state index contributed by atoms with van der Waals surface area (Å²) < 4.78 is 3.10. The van der Waals surface area contributed by atoms with E-state index in [9.17, 15) is 4.79 Å². The first-order valence-electron chi connectivity index (χ1n) is 4.93. The first kappa shape index (κ1) is 10.6. The third-order valence-electron chi connectivity index (χ3n) is 2.38. The highest BCUT2D eigenvalue weighted by molar-refractivity contribution is 7.71. The molecule has 0 aliphatic carbocycles. The molecular formula is C9H7N7OS. The third-order valence-corrected chi connectivity index (χ3v) is 2.62. The zero-order valence-electron chi connectivity index (χ0n) is 8.94. The van der Waals surface area contributed by atoms with Crippen molar-refractivity contribution in [1.29, 1.82) is 0 Å².